The van der Waals surface area contributed by atoms with E-state index in [2.05, 4.69) is 4.74 Å². The van der Waals surface area contributed by atoms with Crippen LogP contribution in [0.25, 0.3) is 0 Å². The predicted molar refractivity (Wildman–Crippen MR) is 69.3 cm³/mol. The molecule has 0 fully saturated rings. The first-order valence-corrected chi connectivity index (χ1v) is 6.22. The third-order valence-electron chi connectivity index (χ3n) is 2.84. The smallest absolute Gasteiger partial charge is 0.469 e. The highest BCUT2D eigenvalue weighted by Gasteiger charge is 2.42. The van der Waals surface area contributed by atoms with Crippen molar-refractivity contribution in [3.8, 4) is 0 Å². The number of nitrogens with zero attached hydrogens (tertiary/aromatic N) is 1. The van der Waals surface area contributed by atoms with Crippen LogP contribution in [-0.4, -0.2) is 36.6 Å². The van der Waals surface area contributed by atoms with E-state index in [4.69, 9.17) is 0 Å². The fourth-order valence-electron chi connectivity index (χ4n) is 1.67. The van der Waals surface area contributed by atoms with Gasteiger partial charge >= 0.3 is 18.1 Å². The largest absolute Gasteiger partial charge is 0.471 e. The molecule has 21 heavy (non-hydrogen) atoms. The summed E-state index contributed by atoms with van der Waals surface area (Å²) < 4.78 is 42.1. The first-order chi connectivity index (χ1) is 9.74. The second-order valence-electron chi connectivity index (χ2n) is 4.54. The molecule has 0 bridgehead atoms. The zero-order valence-electron chi connectivity index (χ0n) is 11.7. The van der Waals surface area contributed by atoms with Crippen LogP contribution < -0.4 is 0 Å². The number of hydrogen-bond acceptors (Lipinski definition) is 3. The summed E-state index contributed by atoms with van der Waals surface area (Å²) >= 11 is 0. The Hall–Kier alpha value is -2.05. The minimum absolute atomic E-state index is 0.213. The van der Waals surface area contributed by atoms with Crippen molar-refractivity contribution in [1.82, 2.24) is 4.90 Å². The lowest BCUT2D eigenvalue weighted by atomic mass is 10.1. The predicted octanol–water partition coefficient (Wildman–Crippen LogP) is 2.45. The molecule has 0 unspecified atom stereocenters. The Kier molecular flexibility index (Phi) is 5.75. The summed E-state index contributed by atoms with van der Waals surface area (Å²) in [7, 11) is 1.14. The van der Waals surface area contributed by atoms with Crippen molar-refractivity contribution in [2.75, 3.05) is 13.7 Å². The van der Waals surface area contributed by atoms with Gasteiger partial charge in [0.15, 0.2) is 0 Å². The lowest BCUT2D eigenvalue weighted by molar-refractivity contribution is -0.186. The Labute approximate surface area is 120 Å². The molecule has 0 aliphatic carbocycles. The van der Waals surface area contributed by atoms with Gasteiger partial charge in [-0.05, 0) is 12.5 Å². The van der Waals surface area contributed by atoms with Crippen molar-refractivity contribution < 1.29 is 27.5 Å². The van der Waals surface area contributed by atoms with Gasteiger partial charge in [-0.25, -0.2) is 0 Å². The lowest BCUT2D eigenvalue weighted by Crippen LogP contribution is -2.41. The van der Waals surface area contributed by atoms with Gasteiger partial charge in [0, 0.05) is 13.1 Å². The molecular formula is C14H16F3NO3. The molecule has 0 atom stereocenters. The molecule has 0 spiro atoms. The van der Waals surface area contributed by atoms with E-state index >= 15 is 0 Å². The number of aryl methyl sites for hydroxylation is 1. The lowest BCUT2D eigenvalue weighted by Gasteiger charge is -2.23. The van der Waals surface area contributed by atoms with E-state index in [1.54, 1.807) is 24.3 Å². The van der Waals surface area contributed by atoms with E-state index in [9.17, 15) is 22.8 Å². The molecule has 0 saturated carbocycles. The van der Waals surface area contributed by atoms with Crippen LogP contribution in [0.4, 0.5) is 13.2 Å². The van der Waals surface area contributed by atoms with Crippen molar-refractivity contribution in [1.29, 1.82) is 0 Å². The molecule has 1 rings (SSSR count). The maximum atomic E-state index is 12.6. The Bertz CT molecular complexity index is 497. The van der Waals surface area contributed by atoms with E-state index in [0.29, 0.717) is 10.5 Å². The fraction of sp³-hybridized carbons (Fsp3) is 0.429. The highest BCUT2D eigenvalue weighted by atomic mass is 19.4. The fourth-order valence-corrected chi connectivity index (χ4v) is 1.67. The van der Waals surface area contributed by atoms with Gasteiger partial charge < -0.3 is 9.64 Å². The zero-order valence-corrected chi connectivity index (χ0v) is 11.7. The summed E-state index contributed by atoms with van der Waals surface area (Å²) in [6, 6.07) is 6.77. The number of hydrogen-bond donors (Lipinski definition) is 0. The number of benzene rings is 1. The standard InChI is InChI=1S/C14H16F3NO3/c1-10-3-5-11(6-4-10)9-18(8-7-12(19)21-2)13(20)14(15,16)17/h3-6H,7-9H2,1-2H3. The van der Waals surface area contributed by atoms with Gasteiger partial charge in [0.25, 0.3) is 0 Å². The van der Waals surface area contributed by atoms with Crippen molar-refractivity contribution in [3.63, 3.8) is 0 Å². The SMILES string of the molecule is COC(=O)CCN(Cc1ccc(C)cc1)C(=O)C(F)(F)F. The summed E-state index contributed by atoms with van der Waals surface area (Å²) in [6.45, 7) is 1.29. The van der Waals surface area contributed by atoms with Gasteiger partial charge in [-0.3, -0.25) is 9.59 Å². The van der Waals surface area contributed by atoms with Crippen LogP contribution in [0.3, 0.4) is 0 Å². The molecule has 4 nitrogen and oxygen atoms in total. The third kappa shape index (κ3) is 5.45. The molecule has 7 heteroatoms. The molecule has 0 saturated heterocycles. The van der Waals surface area contributed by atoms with E-state index in [-0.39, 0.29) is 19.5 Å². The van der Waals surface area contributed by atoms with Crippen molar-refractivity contribution in [3.05, 3.63) is 35.4 Å². The number of rotatable bonds is 5. The zero-order chi connectivity index (χ0) is 16.0. The Morgan fingerprint density at radius 1 is 1.19 bits per heavy atom. The van der Waals surface area contributed by atoms with Gasteiger partial charge in [0.1, 0.15) is 0 Å². The summed E-state index contributed by atoms with van der Waals surface area (Å²) in [4.78, 5) is 23.0. The molecule has 0 aliphatic rings. The second-order valence-corrected chi connectivity index (χ2v) is 4.54. The summed E-state index contributed by atoms with van der Waals surface area (Å²) in [5.74, 6) is -2.63. The van der Waals surface area contributed by atoms with Gasteiger partial charge in [-0.15, -0.1) is 0 Å². The molecule has 0 N–H and O–H groups in total. The van der Waals surface area contributed by atoms with Crippen LogP contribution in [0, 0.1) is 6.92 Å². The second kappa shape index (κ2) is 7.10. The van der Waals surface area contributed by atoms with Crippen LogP contribution in [0.1, 0.15) is 17.5 Å². The highest BCUT2D eigenvalue weighted by Crippen LogP contribution is 2.20. The summed E-state index contributed by atoms with van der Waals surface area (Å²) in [5.41, 5.74) is 1.52. The molecule has 0 aliphatic heterocycles. The molecule has 0 aromatic heterocycles. The van der Waals surface area contributed by atoms with E-state index in [1.807, 2.05) is 6.92 Å². The van der Waals surface area contributed by atoms with Gasteiger partial charge in [-0.1, -0.05) is 29.8 Å². The molecule has 1 aromatic rings. The Morgan fingerprint density at radius 2 is 1.76 bits per heavy atom. The van der Waals surface area contributed by atoms with Gasteiger partial charge in [0.05, 0.1) is 13.5 Å². The maximum Gasteiger partial charge on any atom is 0.471 e. The Morgan fingerprint density at radius 3 is 2.24 bits per heavy atom. The normalized spacial score (nSPS) is 11.1. The number of carbonyl (C=O) groups excluding carboxylic acids is 2. The maximum absolute atomic E-state index is 12.6. The summed E-state index contributed by atoms with van der Waals surface area (Å²) in [5, 5.41) is 0. The topological polar surface area (TPSA) is 46.6 Å². The van der Waals surface area contributed by atoms with Gasteiger partial charge in [0.2, 0.25) is 0 Å². The molecule has 0 radical (unpaired) electrons. The molecular weight excluding hydrogens is 287 g/mol. The highest BCUT2D eigenvalue weighted by molar-refractivity contribution is 5.82. The third-order valence-corrected chi connectivity index (χ3v) is 2.84. The van der Waals surface area contributed by atoms with Crippen molar-refractivity contribution in [2.45, 2.75) is 26.1 Å². The van der Waals surface area contributed by atoms with Crippen LogP contribution in [-0.2, 0) is 20.9 Å². The van der Waals surface area contributed by atoms with Crippen LogP contribution in [0.2, 0.25) is 0 Å². The number of methoxy groups -OCH3 is 1. The number of carbonyl (C=O) groups is 2. The number of ether oxygens (including phenoxy) is 1. The first-order valence-electron chi connectivity index (χ1n) is 6.22. The van der Waals surface area contributed by atoms with Crippen LogP contribution in [0.5, 0.6) is 0 Å². The molecule has 1 aromatic carbocycles. The quantitative estimate of drug-likeness (QED) is 0.785. The number of amides is 1. The molecule has 116 valence electrons. The van der Waals surface area contributed by atoms with Crippen molar-refractivity contribution in [2.24, 2.45) is 0 Å². The van der Waals surface area contributed by atoms with E-state index in [0.717, 1.165) is 12.7 Å². The number of esters is 1. The van der Waals surface area contributed by atoms with Crippen molar-refractivity contribution >= 4 is 11.9 Å². The van der Waals surface area contributed by atoms with Crippen LogP contribution in [0.15, 0.2) is 24.3 Å². The van der Waals surface area contributed by atoms with Gasteiger partial charge in [-0.2, -0.15) is 13.2 Å². The first kappa shape index (κ1) is 17.0. The minimum atomic E-state index is -4.97. The minimum Gasteiger partial charge on any atom is -0.469 e. The summed E-state index contributed by atoms with van der Waals surface area (Å²) in [6.07, 6.45) is -5.26. The van der Waals surface area contributed by atoms with E-state index in [1.165, 1.54) is 0 Å². The average Bonchev–Trinajstić information content (AvgIpc) is 2.43. The van der Waals surface area contributed by atoms with E-state index < -0.39 is 18.1 Å². The van der Waals surface area contributed by atoms with Crippen LogP contribution >= 0.6 is 0 Å². The Balaban J connectivity index is 2.83. The molecule has 1 amide bonds. The molecule has 0 heterocycles. The average molecular weight is 303 g/mol. The number of halogens is 3. The number of alkyl halides is 3. The monoisotopic (exact) mass is 303 g/mol.